The van der Waals surface area contributed by atoms with Gasteiger partial charge >= 0.3 is 11.9 Å². The van der Waals surface area contributed by atoms with Crippen LogP contribution in [0.3, 0.4) is 0 Å². The van der Waals surface area contributed by atoms with Crippen molar-refractivity contribution in [2.24, 2.45) is 10.9 Å². The van der Waals surface area contributed by atoms with E-state index in [0.29, 0.717) is 28.3 Å². The number of dihydropyridines is 1. The van der Waals surface area contributed by atoms with Crippen LogP contribution >= 0.6 is 11.6 Å². The Morgan fingerprint density at radius 3 is 2.22 bits per heavy atom. The van der Waals surface area contributed by atoms with Crippen LogP contribution in [0.15, 0.2) is 95.5 Å². The second-order valence-corrected chi connectivity index (χ2v) is 10.4. The lowest BCUT2D eigenvalue weighted by atomic mass is 9.80. The van der Waals surface area contributed by atoms with Gasteiger partial charge in [0.05, 0.1) is 30.7 Å². The number of hydrogen-bond donors (Lipinski definition) is 0. The molecule has 2 atom stereocenters. The molecule has 0 bridgehead atoms. The van der Waals surface area contributed by atoms with Crippen molar-refractivity contribution in [3.63, 3.8) is 0 Å². The zero-order valence-electron chi connectivity index (χ0n) is 23.3. The monoisotopic (exact) mass is 568 g/mol. The van der Waals surface area contributed by atoms with Gasteiger partial charge in [0.15, 0.2) is 0 Å². The number of carbonyl (C=O) groups excluding carboxylic acids is 2. The smallest absolute Gasteiger partial charge is 0.340 e. The molecule has 1 aliphatic heterocycles. The summed E-state index contributed by atoms with van der Waals surface area (Å²) in [5.74, 6) is -1.76. The van der Waals surface area contributed by atoms with Crippen LogP contribution in [0.2, 0.25) is 5.02 Å². The first-order valence-electron chi connectivity index (χ1n) is 13.8. The molecule has 6 nitrogen and oxygen atoms in total. The van der Waals surface area contributed by atoms with E-state index in [1.54, 1.807) is 38.1 Å². The molecule has 7 heteroatoms. The van der Waals surface area contributed by atoms with E-state index in [2.05, 4.69) is 29.3 Å². The number of aliphatic imine (C=N–C) groups is 1. The lowest BCUT2D eigenvalue weighted by Gasteiger charge is -2.30. The predicted molar refractivity (Wildman–Crippen MR) is 161 cm³/mol. The maximum atomic E-state index is 13.6. The molecular formula is C34H33ClN2O4. The van der Waals surface area contributed by atoms with Crippen molar-refractivity contribution < 1.29 is 19.1 Å². The molecule has 0 aromatic heterocycles. The summed E-state index contributed by atoms with van der Waals surface area (Å²) in [7, 11) is 0. The third-order valence-electron chi connectivity index (χ3n) is 7.15. The highest BCUT2D eigenvalue weighted by Gasteiger charge is 2.39. The molecular weight excluding hydrogens is 536 g/mol. The largest absolute Gasteiger partial charge is 0.464 e. The van der Waals surface area contributed by atoms with Gasteiger partial charge in [-0.15, -0.1) is 0 Å². The molecule has 0 aliphatic carbocycles. The molecule has 1 aliphatic rings. The van der Waals surface area contributed by atoms with Gasteiger partial charge in [0.1, 0.15) is 12.5 Å². The highest BCUT2D eigenvalue weighted by Crippen LogP contribution is 2.37. The zero-order valence-corrected chi connectivity index (χ0v) is 24.0. The number of carbonyl (C=O) groups is 2. The van der Waals surface area contributed by atoms with E-state index >= 15 is 0 Å². The fraction of sp³-hybridized carbons (Fsp3) is 0.294. The number of nitriles is 1. The van der Waals surface area contributed by atoms with Crippen LogP contribution in [0.1, 0.15) is 55.7 Å². The van der Waals surface area contributed by atoms with E-state index < -0.39 is 23.9 Å². The Bertz CT molecular complexity index is 1420. The van der Waals surface area contributed by atoms with Crippen LogP contribution < -0.4 is 0 Å². The minimum atomic E-state index is -0.848. The molecule has 41 heavy (non-hydrogen) atoms. The van der Waals surface area contributed by atoms with Gasteiger partial charge in [-0.3, -0.25) is 9.79 Å². The molecule has 0 spiro atoms. The van der Waals surface area contributed by atoms with E-state index in [1.807, 2.05) is 42.5 Å². The quantitative estimate of drug-likeness (QED) is 0.180. The number of benzene rings is 3. The van der Waals surface area contributed by atoms with Gasteiger partial charge in [-0.1, -0.05) is 84.4 Å². The SMILES string of the molecule is CC1=NC(C)C(C(=O)OCCC#N)C(c2cccc(Cl)c2)=C1C(=O)OCCCC(c1ccccc1)c1ccccc1. The second-order valence-electron chi connectivity index (χ2n) is 9.96. The van der Waals surface area contributed by atoms with Crippen LogP contribution in [0.25, 0.3) is 5.57 Å². The minimum Gasteiger partial charge on any atom is -0.464 e. The molecule has 0 radical (unpaired) electrons. The van der Waals surface area contributed by atoms with E-state index in [9.17, 15) is 9.59 Å². The minimum absolute atomic E-state index is 0.0339. The number of nitrogens with zero attached hydrogens (tertiary/aromatic N) is 2. The summed E-state index contributed by atoms with van der Waals surface area (Å²) in [6, 6.07) is 29.1. The Labute approximate surface area is 246 Å². The second kappa shape index (κ2) is 14.4. The molecule has 0 fully saturated rings. The number of ether oxygens (including phenoxy) is 2. The molecule has 2 unspecified atom stereocenters. The Morgan fingerprint density at radius 1 is 0.951 bits per heavy atom. The summed E-state index contributed by atoms with van der Waals surface area (Å²) in [4.78, 5) is 31.4. The normalized spacial score (nSPS) is 16.6. The van der Waals surface area contributed by atoms with E-state index in [1.165, 1.54) is 11.1 Å². The fourth-order valence-corrected chi connectivity index (χ4v) is 5.49. The zero-order chi connectivity index (χ0) is 29.2. The molecule has 0 saturated carbocycles. The van der Waals surface area contributed by atoms with Gasteiger partial charge in [0.2, 0.25) is 0 Å². The molecule has 210 valence electrons. The third-order valence-corrected chi connectivity index (χ3v) is 7.38. The third kappa shape index (κ3) is 7.50. The van der Waals surface area contributed by atoms with Crippen LogP contribution in [0.5, 0.6) is 0 Å². The Hall–Kier alpha value is -4.21. The lowest BCUT2D eigenvalue weighted by Crippen LogP contribution is -2.35. The van der Waals surface area contributed by atoms with Crippen molar-refractivity contribution >= 4 is 34.8 Å². The van der Waals surface area contributed by atoms with Crippen molar-refractivity contribution in [2.45, 2.75) is 45.1 Å². The summed E-state index contributed by atoms with van der Waals surface area (Å²) in [5.41, 5.74) is 4.25. The highest BCUT2D eigenvalue weighted by atomic mass is 35.5. The molecule has 4 rings (SSSR count). The predicted octanol–water partition coefficient (Wildman–Crippen LogP) is 7.19. The standard InChI is InChI=1S/C34H33ClN2O4/c1-23-30(32(27-16-9-17-28(35)22-27)31(24(2)37-23)34(39)41-21-11-19-36)33(38)40-20-10-18-29(25-12-5-3-6-13-25)26-14-7-4-8-15-26/h3-9,12-17,22,24,29,31H,10-11,18,20-21H2,1-2H3. The topological polar surface area (TPSA) is 88.8 Å². The first-order valence-corrected chi connectivity index (χ1v) is 14.1. The average molecular weight is 569 g/mol. The molecule has 0 saturated heterocycles. The van der Waals surface area contributed by atoms with Gasteiger partial charge in [-0.2, -0.15) is 5.26 Å². The summed E-state index contributed by atoms with van der Waals surface area (Å²) in [6.45, 7) is 3.73. The van der Waals surface area contributed by atoms with E-state index in [0.717, 1.165) is 6.42 Å². The summed E-state index contributed by atoms with van der Waals surface area (Å²) < 4.78 is 11.2. The van der Waals surface area contributed by atoms with Crippen LogP contribution in [-0.2, 0) is 19.1 Å². The number of hydrogen-bond acceptors (Lipinski definition) is 6. The Morgan fingerprint density at radius 2 is 1.61 bits per heavy atom. The number of esters is 2. The Balaban J connectivity index is 1.57. The van der Waals surface area contributed by atoms with Crippen molar-refractivity contribution in [3.05, 3.63) is 112 Å². The van der Waals surface area contributed by atoms with E-state index in [4.69, 9.17) is 26.3 Å². The molecule has 0 amide bonds. The number of halogens is 1. The first kappa shape index (κ1) is 29.8. The summed E-state index contributed by atoms with van der Waals surface area (Å²) in [5, 5.41) is 9.34. The van der Waals surface area contributed by atoms with Gasteiger partial charge in [-0.05, 0) is 61.1 Å². The van der Waals surface area contributed by atoms with Gasteiger partial charge in [0.25, 0.3) is 0 Å². The van der Waals surface area contributed by atoms with Crippen molar-refractivity contribution in [1.82, 2.24) is 0 Å². The van der Waals surface area contributed by atoms with Crippen molar-refractivity contribution in [2.75, 3.05) is 13.2 Å². The average Bonchev–Trinajstić information content (AvgIpc) is 2.97. The first-order chi connectivity index (χ1) is 19.9. The molecule has 3 aromatic rings. The van der Waals surface area contributed by atoms with Crippen LogP contribution in [0, 0.1) is 17.2 Å². The van der Waals surface area contributed by atoms with E-state index in [-0.39, 0.29) is 31.1 Å². The van der Waals surface area contributed by atoms with Crippen molar-refractivity contribution in [3.8, 4) is 6.07 Å². The van der Waals surface area contributed by atoms with Crippen LogP contribution in [-0.4, -0.2) is 36.9 Å². The van der Waals surface area contributed by atoms with Crippen molar-refractivity contribution in [1.29, 1.82) is 5.26 Å². The Kier molecular flexibility index (Phi) is 10.5. The molecule has 1 heterocycles. The maximum absolute atomic E-state index is 13.6. The van der Waals surface area contributed by atoms with Gasteiger partial charge in [0, 0.05) is 16.7 Å². The summed E-state index contributed by atoms with van der Waals surface area (Å²) >= 11 is 6.31. The maximum Gasteiger partial charge on any atom is 0.340 e. The van der Waals surface area contributed by atoms with Crippen LogP contribution in [0.4, 0.5) is 0 Å². The molecule has 0 N–H and O–H groups in total. The van der Waals surface area contributed by atoms with Gasteiger partial charge in [-0.25, -0.2) is 4.79 Å². The molecule has 3 aromatic carbocycles. The fourth-order valence-electron chi connectivity index (χ4n) is 5.30. The lowest BCUT2D eigenvalue weighted by molar-refractivity contribution is -0.146. The summed E-state index contributed by atoms with van der Waals surface area (Å²) in [6.07, 6.45) is 1.51. The number of rotatable bonds is 11. The highest BCUT2D eigenvalue weighted by molar-refractivity contribution is 6.31. The van der Waals surface area contributed by atoms with Gasteiger partial charge < -0.3 is 9.47 Å².